The third kappa shape index (κ3) is 2.23. The van der Waals surface area contributed by atoms with E-state index < -0.39 is 9.24 Å². The lowest BCUT2D eigenvalue weighted by atomic mass is 9.76. The molecule has 1 heterocycles. The first kappa shape index (κ1) is 10.7. The van der Waals surface area contributed by atoms with Crippen LogP contribution in [0.1, 0.15) is 32.1 Å². The summed E-state index contributed by atoms with van der Waals surface area (Å²) in [5, 5.41) is 0. The normalized spacial score (nSPS) is 35.2. The molecule has 3 nitrogen and oxygen atoms in total. The van der Waals surface area contributed by atoms with E-state index in [4.69, 9.17) is 10.7 Å². The van der Waals surface area contributed by atoms with Gasteiger partial charge in [0.1, 0.15) is 0 Å². The van der Waals surface area contributed by atoms with Crippen molar-refractivity contribution in [1.29, 1.82) is 0 Å². The first-order chi connectivity index (χ1) is 6.57. The van der Waals surface area contributed by atoms with Crippen LogP contribution < -0.4 is 0 Å². The Balaban J connectivity index is 2.03. The summed E-state index contributed by atoms with van der Waals surface area (Å²) in [6.45, 7) is 1.27. The number of piperidine rings is 1. The van der Waals surface area contributed by atoms with Crippen molar-refractivity contribution in [1.82, 2.24) is 4.31 Å². The van der Waals surface area contributed by atoms with Crippen molar-refractivity contribution in [3.63, 3.8) is 0 Å². The summed E-state index contributed by atoms with van der Waals surface area (Å²) in [4.78, 5) is 0. The van der Waals surface area contributed by atoms with Gasteiger partial charge < -0.3 is 0 Å². The molecule has 5 heteroatoms. The summed E-state index contributed by atoms with van der Waals surface area (Å²) in [6.07, 6.45) is 6.01. The highest BCUT2D eigenvalue weighted by molar-refractivity contribution is 8.11. The van der Waals surface area contributed by atoms with Gasteiger partial charge in [-0.3, -0.25) is 0 Å². The minimum atomic E-state index is -3.47. The van der Waals surface area contributed by atoms with Crippen molar-refractivity contribution in [2.45, 2.75) is 32.1 Å². The Morgan fingerprint density at radius 2 is 1.71 bits per heavy atom. The Labute approximate surface area is 90.0 Å². The summed E-state index contributed by atoms with van der Waals surface area (Å²) < 4.78 is 23.7. The molecule has 2 atom stereocenters. The second-order valence-electron chi connectivity index (χ2n) is 4.39. The predicted molar refractivity (Wildman–Crippen MR) is 56.4 cm³/mol. The third-order valence-electron chi connectivity index (χ3n) is 3.56. The lowest BCUT2D eigenvalue weighted by molar-refractivity contribution is 0.138. The van der Waals surface area contributed by atoms with E-state index in [0.29, 0.717) is 19.0 Å². The number of halogens is 1. The van der Waals surface area contributed by atoms with Crippen LogP contribution in [0, 0.1) is 11.8 Å². The Kier molecular flexibility index (Phi) is 3.05. The molecule has 0 unspecified atom stereocenters. The van der Waals surface area contributed by atoms with Gasteiger partial charge in [0.25, 0.3) is 9.24 Å². The fraction of sp³-hybridized carbons (Fsp3) is 1.00. The zero-order chi connectivity index (χ0) is 10.2. The molecule has 1 aliphatic heterocycles. The molecule has 2 rings (SSSR count). The lowest BCUT2D eigenvalue weighted by Crippen LogP contribution is -2.43. The van der Waals surface area contributed by atoms with Crippen molar-refractivity contribution < 1.29 is 8.42 Å². The summed E-state index contributed by atoms with van der Waals surface area (Å²) in [7, 11) is 1.87. The summed E-state index contributed by atoms with van der Waals surface area (Å²) in [6, 6.07) is 0. The smallest absolute Gasteiger partial charge is 0.195 e. The van der Waals surface area contributed by atoms with Crippen LogP contribution >= 0.6 is 10.7 Å². The van der Waals surface area contributed by atoms with Gasteiger partial charge in [-0.15, -0.1) is 0 Å². The van der Waals surface area contributed by atoms with E-state index in [-0.39, 0.29) is 0 Å². The molecule has 0 aromatic heterocycles. The molecule has 1 saturated heterocycles. The first-order valence-corrected chi connectivity index (χ1v) is 7.54. The Morgan fingerprint density at radius 1 is 1.07 bits per heavy atom. The van der Waals surface area contributed by atoms with E-state index >= 15 is 0 Å². The van der Waals surface area contributed by atoms with Crippen LogP contribution in [-0.2, 0) is 9.24 Å². The number of hydrogen-bond acceptors (Lipinski definition) is 2. The van der Waals surface area contributed by atoms with Gasteiger partial charge in [0, 0.05) is 23.8 Å². The van der Waals surface area contributed by atoms with Crippen molar-refractivity contribution >= 4 is 19.9 Å². The van der Waals surface area contributed by atoms with E-state index in [9.17, 15) is 8.42 Å². The fourth-order valence-corrected chi connectivity index (χ4v) is 3.83. The summed E-state index contributed by atoms with van der Waals surface area (Å²) in [5.74, 6) is 1.31. The molecule has 2 fully saturated rings. The first-order valence-electron chi connectivity index (χ1n) is 5.27. The van der Waals surface area contributed by atoms with Gasteiger partial charge in [0.15, 0.2) is 0 Å². The van der Waals surface area contributed by atoms with E-state index in [2.05, 4.69) is 0 Å². The van der Waals surface area contributed by atoms with Crippen LogP contribution in [0.3, 0.4) is 0 Å². The molecule has 82 valence electrons. The van der Waals surface area contributed by atoms with Gasteiger partial charge >= 0.3 is 0 Å². The molecule has 2 aliphatic rings. The molecule has 0 N–H and O–H groups in total. The molecule has 0 bridgehead atoms. The average Bonchev–Trinajstić information content (AvgIpc) is 2.16. The maximum atomic E-state index is 11.2. The zero-order valence-electron chi connectivity index (χ0n) is 8.15. The Morgan fingerprint density at radius 3 is 2.36 bits per heavy atom. The van der Waals surface area contributed by atoms with Crippen LogP contribution in [-0.4, -0.2) is 25.8 Å². The standard InChI is InChI=1S/C9H16ClNO2S/c10-14(12,13)11-6-5-8-3-1-2-4-9(8)7-11/h8-9H,1-7H2/t8-,9+/m0/s1. The largest absolute Gasteiger partial charge is 0.299 e. The summed E-state index contributed by atoms with van der Waals surface area (Å²) >= 11 is 0. The van der Waals surface area contributed by atoms with Crippen molar-refractivity contribution in [3.8, 4) is 0 Å². The molecule has 0 spiro atoms. The van der Waals surface area contributed by atoms with Crippen LogP contribution in [0.25, 0.3) is 0 Å². The van der Waals surface area contributed by atoms with Crippen LogP contribution in [0.5, 0.6) is 0 Å². The predicted octanol–water partition coefficient (Wildman–Crippen LogP) is 1.98. The lowest BCUT2D eigenvalue weighted by Gasteiger charge is -2.39. The maximum absolute atomic E-state index is 11.2. The molecular formula is C9H16ClNO2S. The third-order valence-corrected chi connectivity index (χ3v) is 5.10. The highest BCUT2D eigenvalue weighted by Gasteiger charge is 2.34. The second kappa shape index (κ2) is 3.99. The zero-order valence-corrected chi connectivity index (χ0v) is 9.73. The van der Waals surface area contributed by atoms with Gasteiger partial charge in [0.05, 0.1) is 0 Å². The van der Waals surface area contributed by atoms with Gasteiger partial charge in [-0.05, 0) is 24.7 Å². The van der Waals surface area contributed by atoms with E-state index in [1.54, 1.807) is 0 Å². The minimum absolute atomic E-state index is 0.561. The van der Waals surface area contributed by atoms with Crippen molar-refractivity contribution in [2.24, 2.45) is 11.8 Å². The van der Waals surface area contributed by atoms with Gasteiger partial charge in [-0.2, -0.15) is 12.7 Å². The fourth-order valence-electron chi connectivity index (χ4n) is 2.77. The maximum Gasteiger partial charge on any atom is 0.299 e. The van der Waals surface area contributed by atoms with E-state index in [1.807, 2.05) is 0 Å². The molecule has 0 aromatic rings. The molecule has 1 saturated carbocycles. The van der Waals surface area contributed by atoms with Crippen LogP contribution in [0.4, 0.5) is 0 Å². The molecule has 14 heavy (non-hydrogen) atoms. The minimum Gasteiger partial charge on any atom is -0.195 e. The number of nitrogens with zero attached hydrogens (tertiary/aromatic N) is 1. The average molecular weight is 238 g/mol. The summed E-state index contributed by atoms with van der Waals surface area (Å²) in [5.41, 5.74) is 0. The molecule has 0 aromatic carbocycles. The van der Waals surface area contributed by atoms with Crippen LogP contribution in [0.2, 0.25) is 0 Å². The van der Waals surface area contributed by atoms with Gasteiger partial charge in [0.2, 0.25) is 0 Å². The second-order valence-corrected chi connectivity index (χ2v) is 6.90. The molecular weight excluding hydrogens is 222 g/mol. The Hall–Kier alpha value is 0.200. The number of hydrogen-bond donors (Lipinski definition) is 0. The number of rotatable bonds is 1. The SMILES string of the molecule is O=S(=O)(Cl)N1CC[C@@H]2CCCC[C@@H]2C1. The quantitative estimate of drug-likeness (QED) is 0.654. The Bertz CT molecular complexity index is 304. The van der Waals surface area contributed by atoms with Gasteiger partial charge in [-0.25, -0.2) is 0 Å². The topological polar surface area (TPSA) is 37.4 Å². The monoisotopic (exact) mass is 237 g/mol. The van der Waals surface area contributed by atoms with Gasteiger partial charge in [-0.1, -0.05) is 19.3 Å². The molecule has 1 aliphatic carbocycles. The van der Waals surface area contributed by atoms with Crippen LogP contribution in [0.15, 0.2) is 0 Å². The van der Waals surface area contributed by atoms with E-state index in [0.717, 1.165) is 12.3 Å². The molecule has 0 radical (unpaired) electrons. The highest BCUT2D eigenvalue weighted by atomic mass is 35.7. The van der Waals surface area contributed by atoms with Crippen molar-refractivity contribution in [3.05, 3.63) is 0 Å². The molecule has 0 amide bonds. The highest BCUT2D eigenvalue weighted by Crippen LogP contribution is 2.37. The van der Waals surface area contributed by atoms with Crippen molar-refractivity contribution in [2.75, 3.05) is 13.1 Å². The number of fused-ring (bicyclic) bond motifs is 1. The van der Waals surface area contributed by atoms with E-state index in [1.165, 1.54) is 30.0 Å².